The minimum atomic E-state index is -1.79. The molecule has 11 heteroatoms. The number of carbonyl (C=O) groups excluding carboxylic acids is 3. The van der Waals surface area contributed by atoms with Crippen LogP contribution in [0, 0.1) is 5.41 Å². The van der Waals surface area contributed by atoms with Gasteiger partial charge in [0.1, 0.15) is 30.5 Å². The number of likely N-dealkylation sites (tertiary alicyclic amines) is 2. The first kappa shape index (κ1) is 20.9. The van der Waals surface area contributed by atoms with Crippen LogP contribution in [0.1, 0.15) is 26.2 Å². The molecule has 3 fully saturated rings. The molecule has 3 amide bonds. The van der Waals surface area contributed by atoms with Gasteiger partial charge in [-0.2, -0.15) is 0 Å². The Bertz CT molecular complexity index is 633. The first-order valence-electron chi connectivity index (χ1n) is 9.33. The summed E-state index contributed by atoms with van der Waals surface area (Å²) in [4.78, 5) is 39.4. The van der Waals surface area contributed by atoms with Crippen molar-refractivity contribution < 1.29 is 44.7 Å². The highest BCUT2D eigenvalue weighted by Crippen LogP contribution is 2.42. The fourth-order valence-electron chi connectivity index (χ4n) is 4.22. The summed E-state index contributed by atoms with van der Waals surface area (Å²) < 4.78 is 5.08. The van der Waals surface area contributed by atoms with E-state index in [1.807, 2.05) is 0 Å². The molecule has 28 heavy (non-hydrogen) atoms. The van der Waals surface area contributed by atoms with Gasteiger partial charge in [0, 0.05) is 26.1 Å². The van der Waals surface area contributed by atoms with Crippen LogP contribution in [0.4, 0.5) is 4.79 Å². The molecule has 2 saturated heterocycles. The van der Waals surface area contributed by atoms with Gasteiger partial charge in [-0.05, 0) is 19.8 Å². The molecule has 1 spiro atoms. The maximum absolute atomic E-state index is 12.5. The number of amides is 3. The zero-order valence-corrected chi connectivity index (χ0v) is 15.5. The van der Waals surface area contributed by atoms with Gasteiger partial charge < -0.3 is 35.2 Å². The van der Waals surface area contributed by atoms with Gasteiger partial charge in [-0.3, -0.25) is 14.5 Å². The number of aliphatic hydroxyl groups is 5. The predicted molar refractivity (Wildman–Crippen MR) is 90.6 cm³/mol. The van der Waals surface area contributed by atoms with E-state index in [0.717, 1.165) is 0 Å². The van der Waals surface area contributed by atoms with Gasteiger partial charge >= 0.3 is 6.09 Å². The Morgan fingerprint density at radius 1 is 1.00 bits per heavy atom. The minimum absolute atomic E-state index is 0.110. The standard InChI is InChI=1S/C17H26N2O9/c1-2-19-8(20)7-17(15(19)26)3-5-18(6-4-17)16(27)28-14-12(24)10(22)9(21)11(23)13(14)25/h9-14,21-25H,2-7H2,1H3/t9?,10-,11+,12+,13-,14?. The maximum atomic E-state index is 12.5. The summed E-state index contributed by atoms with van der Waals surface area (Å²) >= 11 is 0. The van der Waals surface area contributed by atoms with E-state index in [9.17, 15) is 39.9 Å². The second kappa shape index (κ2) is 7.56. The van der Waals surface area contributed by atoms with E-state index in [4.69, 9.17) is 4.74 Å². The molecule has 0 bridgehead atoms. The predicted octanol–water partition coefficient (Wildman–Crippen LogP) is -2.83. The molecule has 0 aromatic rings. The van der Waals surface area contributed by atoms with Gasteiger partial charge in [0.05, 0.1) is 5.41 Å². The Morgan fingerprint density at radius 3 is 1.96 bits per heavy atom. The molecule has 0 radical (unpaired) electrons. The average molecular weight is 402 g/mol. The van der Waals surface area contributed by atoms with Gasteiger partial charge in [0.25, 0.3) is 0 Å². The first-order chi connectivity index (χ1) is 13.1. The quantitative estimate of drug-likeness (QED) is 0.306. The zero-order chi connectivity index (χ0) is 20.8. The molecule has 158 valence electrons. The van der Waals surface area contributed by atoms with Crippen molar-refractivity contribution in [2.75, 3.05) is 19.6 Å². The van der Waals surface area contributed by atoms with E-state index in [2.05, 4.69) is 0 Å². The topological polar surface area (TPSA) is 168 Å². The Hall–Kier alpha value is -1.79. The van der Waals surface area contributed by atoms with Crippen LogP contribution >= 0.6 is 0 Å². The normalized spacial score (nSPS) is 38.2. The van der Waals surface area contributed by atoms with Gasteiger partial charge in [-0.25, -0.2) is 4.79 Å². The lowest BCUT2D eigenvalue weighted by molar-refractivity contribution is -0.224. The van der Waals surface area contributed by atoms with E-state index in [1.54, 1.807) is 6.92 Å². The highest BCUT2D eigenvalue weighted by atomic mass is 16.6. The molecule has 11 nitrogen and oxygen atoms in total. The van der Waals surface area contributed by atoms with Crippen LogP contribution in [0.2, 0.25) is 0 Å². The molecule has 0 aromatic heterocycles. The van der Waals surface area contributed by atoms with Crippen LogP contribution in [0.25, 0.3) is 0 Å². The number of piperidine rings is 1. The summed E-state index contributed by atoms with van der Waals surface area (Å²) in [5.41, 5.74) is -0.815. The molecule has 1 saturated carbocycles. The molecule has 3 aliphatic rings. The van der Waals surface area contributed by atoms with Crippen LogP contribution in [-0.2, 0) is 14.3 Å². The SMILES string of the molecule is CCN1C(=O)CC2(CCN(C(=O)OC3[C@@H](O)[C@H](O)C(O)[C@H](O)[C@H]3O)CC2)C1=O. The van der Waals surface area contributed by atoms with Crippen molar-refractivity contribution in [1.82, 2.24) is 9.80 Å². The molecule has 6 atom stereocenters. The maximum Gasteiger partial charge on any atom is 0.410 e. The smallest absolute Gasteiger partial charge is 0.410 e. The molecule has 5 N–H and O–H groups in total. The summed E-state index contributed by atoms with van der Waals surface area (Å²) in [6, 6.07) is 0. The third-order valence-corrected chi connectivity index (χ3v) is 6.09. The van der Waals surface area contributed by atoms with Crippen LogP contribution in [0.15, 0.2) is 0 Å². The van der Waals surface area contributed by atoms with E-state index < -0.39 is 48.1 Å². The number of rotatable bonds is 2. The molecular formula is C17H26N2O9. The second-order valence-corrected chi connectivity index (χ2v) is 7.69. The fraction of sp³-hybridized carbons (Fsp3) is 0.824. The second-order valence-electron chi connectivity index (χ2n) is 7.69. The molecule has 3 rings (SSSR count). The van der Waals surface area contributed by atoms with Crippen molar-refractivity contribution in [3.8, 4) is 0 Å². The monoisotopic (exact) mass is 402 g/mol. The van der Waals surface area contributed by atoms with E-state index in [0.29, 0.717) is 6.54 Å². The van der Waals surface area contributed by atoms with Crippen molar-refractivity contribution in [1.29, 1.82) is 0 Å². The molecular weight excluding hydrogens is 376 g/mol. The molecule has 2 heterocycles. The Balaban J connectivity index is 1.62. The zero-order valence-electron chi connectivity index (χ0n) is 15.5. The summed E-state index contributed by atoms with van der Waals surface area (Å²) in [5, 5.41) is 48.9. The first-order valence-corrected chi connectivity index (χ1v) is 9.33. The number of imide groups is 1. The number of aliphatic hydroxyl groups excluding tert-OH is 5. The Labute approximate surface area is 161 Å². The largest absolute Gasteiger partial charge is 0.440 e. The average Bonchev–Trinajstić information content (AvgIpc) is 2.91. The van der Waals surface area contributed by atoms with Gasteiger partial charge in [-0.15, -0.1) is 0 Å². The lowest BCUT2D eigenvalue weighted by Gasteiger charge is -2.42. The number of carbonyl (C=O) groups is 3. The molecule has 2 unspecified atom stereocenters. The number of hydrogen-bond donors (Lipinski definition) is 5. The van der Waals surface area contributed by atoms with Crippen LogP contribution in [0.3, 0.4) is 0 Å². The fourth-order valence-corrected chi connectivity index (χ4v) is 4.22. The number of hydrogen-bond acceptors (Lipinski definition) is 9. The van der Waals surface area contributed by atoms with Crippen molar-refractivity contribution in [2.24, 2.45) is 5.41 Å². The van der Waals surface area contributed by atoms with Crippen LogP contribution in [-0.4, -0.2) is 109 Å². The van der Waals surface area contributed by atoms with E-state index >= 15 is 0 Å². The van der Waals surface area contributed by atoms with Gasteiger partial charge in [0.2, 0.25) is 11.8 Å². The summed E-state index contributed by atoms with van der Waals surface area (Å²) in [5.74, 6) is -0.454. The van der Waals surface area contributed by atoms with Gasteiger partial charge in [-0.1, -0.05) is 0 Å². The number of nitrogens with zero attached hydrogens (tertiary/aromatic N) is 2. The third kappa shape index (κ3) is 3.26. The lowest BCUT2D eigenvalue weighted by Crippen LogP contribution is -2.65. The highest BCUT2D eigenvalue weighted by molar-refractivity contribution is 6.06. The van der Waals surface area contributed by atoms with Crippen molar-refractivity contribution in [3.63, 3.8) is 0 Å². The minimum Gasteiger partial charge on any atom is -0.440 e. The molecule has 1 aliphatic carbocycles. The highest BCUT2D eigenvalue weighted by Gasteiger charge is 2.54. The van der Waals surface area contributed by atoms with E-state index in [-0.39, 0.29) is 44.2 Å². The Kier molecular flexibility index (Phi) is 5.65. The van der Waals surface area contributed by atoms with Crippen molar-refractivity contribution in [2.45, 2.75) is 62.8 Å². The summed E-state index contributed by atoms with van der Waals surface area (Å²) in [6.07, 6.45) is -10.8. The van der Waals surface area contributed by atoms with Crippen LogP contribution in [0.5, 0.6) is 0 Å². The molecule has 0 aromatic carbocycles. The lowest BCUT2D eigenvalue weighted by atomic mass is 9.77. The van der Waals surface area contributed by atoms with Gasteiger partial charge in [0.15, 0.2) is 6.10 Å². The van der Waals surface area contributed by atoms with Crippen LogP contribution < -0.4 is 0 Å². The molecule has 2 aliphatic heterocycles. The Morgan fingerprint density at radius 2 is 1.50 bits per heavy atom. The van der Waals surface area contributed by atoms with Crippen molar-refractivity contribution in [3.05, 3.63) is 0 Å². The number of ether oxygens (including phenoxy) is 1. The summed E-state index contributed by atoms with van der Waals surface area (Å²) in [7, 11) is 0. The van der Waals surface area contributed by atoms with E-state index in [1.165, 1.54) is 9.80 Å². The van der Waals surface area contributed by atoms with Crippen molar-refractivity contribution >= 4 is 17.9 Å². The third-order valence-electron chi connectivity index (χ3n) is 6.09. The summed E-state index contributed by atoms with van der Waals surface area (Å²) in [6.45, 7) is 2.31.